The van der Waals surface area contributed by atoms with Crippen molar-refractivity contribution in [2.24, 2.45) is 0 Å². The fourth-order valence-corrected chi connectivity index (χ4v) is 1.07. The lowest BCUT2D eigenvalue weighted by atomic mass is 10.4. The van der Waals surface area contributed by atoms with Crippen molar-refractivity contribution in [2.45, 2.75) is 6.92 Å². The summed E-state index contributed by atoms with van der Waals surface area (Å²) in [6, 6.07) is 2.94. The number of hydrogen-bond donors (Lipinski definition) is 2. The maximum Gasteiger partial charge on any atom is 0.325 e. The van der Waals surface area contributed by atoms with E-state index < -0.39 is 11.9 Å². The van der Waals surface area contributed by atoms with Gasteiger partial charge in [0.15, 0.2) is 6.29 Å². The highest BCUT2D eigenvalue weighted by Gasteiger charge is 2.09. The Kier molecular flexibility index (Phi) is 4.26. The monoisotopic (exact) mass is 224 g/mol. The van der Waals surface area contributed by atoms with E-state index in [0.717, 1.165) is 0 Å². The van der Waals surface area contributed by atoms with E-state index in [1.165, 1.54) is 12.1 Å². The van der Waals surface area contributed by atoms with Crippen LogP contribution in [0.3, 0.4) is 0 Å². The second-order valence-electron chi connectivity index (χ2n) is 2.93. The van der Waals surface area contributed by atoms with Crippen molar-refractivity contribution in [3.05, 3.63) is 23.5 Å². The van der Waals surface area contributed by atoms with Gasteiger partial charge in [-0.2, -0.15) is 0 Å². The second-order valence-corrected chi connectivity index (χ2v) is 2.93. The molecule has 16 heavy (non-hydrogen) atoms. The average molecular weight is 224 g/mol. The summed E-state index contributed by atoms with van der Waals surface area (Å²) in [7, 11) is 0. The van der Waals surface area contributed by atoms with Gasteiger partial charge in [-0.1, -0.05) is 0 Å². The fourth-order valence-electron chi connectivity index (χ4n) is 1.07. The van der Waals surface area contributed by atoms with E-state index in [-0.39, 0.29) is 18.8 Å². The maximum absolute atomic E-state index is 11.4. The number of nitrogens with one attached hydrogen (secondary N) is 2. The lowest BCUT2D eigenvalue weighted by Crippen LogP contribution is -2.30. The minimum atomic E-state index is -0.502. The van der Waals surface area contributed by atoms with Gasteiger partial charge in [-0.25, -0.2) is 0 Å². The molecule has 1 amide bonds. The summed E-state index contributed by atoms with van der Waals surface area (Å²) in [4.78, 5) is 35.3. The van der Waals surface area contributed by atoms with Crippen LogP contribution in [0.2, 0.25) is 0 Å². The molecule has 0 aromatic carbocycles. The van der Waals surface area contributed by atoms with Crippen molar-refractivity contribution in [2.75, 3.05) is 13.2 Å². The first-order valence-corrected chi connectivity index (χ1v) is 4.75. The Balaban J connectivity index is 2.46. The van der Waals surface area contributed by atoms with Gasteiger partial charge >= 0.3 is 5.97 Å². The van der Waals surface area contributed by atoms with Crippen LogP contribution in [0, 0.1) is 0 Å². The first-order chi connectivity index (χ1) is 7.67. The molecule has 0 aliphatic heterocycles. The number of hydrogen-bond acceptors (Lipinski definition) is 4. The molecule has 1 heterocycles. The summed E-state index contributed by atoms with van der Waals surface area (Å²) in [5.74, 6) is -0.959. The van der Waals surface area contributed by atoms with Crippen LogP contribution >= 0.6 is 0 Å². The largest absolute Gasteiger partial charge is 0.465 e. The van der Waals surface area contributed by atoms with Crippen molar-refractivity contribution in [1.29, 1.82) is 0 Å². The molecule has 2 N–H and O–H groups in total. The van der Waals surface area contributed by atoms with Gasteiger partial charge in [-0.15, -0.1) is 0 Å². The first kappa shape index (κ1) is 12.0. The third-order valence-electron chi connectivity index (χ3n) is 1.78. The van der Waals surface area contributed by atoms with Gasteiger partial charge in [0.25, 0.3) is 5.91 Å². The minimum absolute atomic E-state index is 0.192. The predicted molar refractivity (Wildman–Crippen MR) is 55.1 cm³/mol. The van der Waals surface area contributed by atoms with Crippen molar-refractivity contribution in [1.82, 2.24) is 10.3 Å². The number of aromatic amines is 1. The van der Waals surface area contributed by atoms with E-state index in [2.05, 4.69) is 15.0 Å². The van der Waals surface area contributed by atoms with Gasteiger partial charge in [-0.05, 0) is 19.1 Å². The summed E-state index contributed by atoms with van der Waals surface area (Å²) < 4.78 is 4.63. The fraction of sp³-hybridized carbons (Fsp3) is 0.300. The molecular formula is C10H12N2O4. The van der Waals surface area contributed by atoms with Gasteiger partial charge in [0.2, 0.25) is 0 Å². The predicted octanol–water partition coefficient (Wildman–Crippen LogP) is 0.120. The molecule has 1 rings (SSSR count). The van der Waals surface area contributed by atoms with Crippen LogP contribution in [0.5, 0.6) is 0 Å². The molecule has 6 heteroatoms. The second kappa shape index (κ2) is 5.69. The molecule has 1 aromatic rings. The summed E-state index contributed by atoms with van der Waals surface area (Å²) >= 11 is 0. The third kappa shape index (κ3) is 3.23. The Morgan fingerprint density at radius 3 is 2.81 bits per heavy atom. The summed E-state index contributed by atoms with van der Waals surface area (Å²) in [5, 5.41) is 2.36. The molecule has 0 aliphatic carbocycles. The summed E-state index contributed by atoms with van der Waals surface area (Å²) in [5.41, 5.74) is 0.535. The Hall–Kier alpha value is -2.11. The number of carbonyl (C=O) groups excluding carboxylic acids is 3. The number of amides is 1. The summed E-state index contributed by atoms with van der Waals surface area (Å²) in [6.07, 6.45) is 0.599. The van der Waals surface area contributed by atoms with E-state index in [1.54, 1.807) is 6.92 Å². The number of ether oxygens (including phenoxy) is 1. The zero-order valence-electron chi connectivity index (χ0n) is 8.78. The van der Waals surface area contributed by atoms with Crippen molar-refractivity contribution >= 4 is 18.2 Å². The first-order valence-electron chi connectivity index (χ1n) is 4.75. The standard InChI is InChI=1S/C10H12N2O4/c1-2-16-9(14)5-11-10(15)8-4-3-7(6-13)12-8/h3-4,6,12H,2,5H2,1H3,(H,11,15). The molecule has 0 unspecified atom stereocenters. The van der Waals surface area contributed by atoms with Crippen molar-refractivity contribution in [3.63, 3.8) is 0 Å². The zero-order valence-corrected chi connectivity index (χ0v) is 8.78. The maximum atomic E-state index is 11.4. The molecule has 0 saturated carbocycles. The topological polar surface area (TPSA) is 88.3 Å². The number of rotatable bonds is 5. The number of H-pyrrole nitrogens is 1. The molecule has 0 fully saturated rings. The Morgan fingerprint density at radius 1 is 1.50 bits per heavy atom. The number of aromatic nitrogens is 1. The average Bonchev–Trinajstić information content (AvgIpc) is 2.75. The number of aldehydes is 1. The Labute approximate surface area is 92.0 Å². The Morgan fingerprint density at radius 2 is 2.25 bits per heavy atom. The van der Waals surface area contributed by atoms with E-state index in [4.69, 9.17) is 0 Å². The van der Waals surface area contributed by atoms with Gasteiger partial charge in [0.1, 0.15) is 12.2 Å². The lowest BCUT2D eigenvalue weighted by Gasteiger charge is -2.03. The molecule has 6 nitrogen and oxygen atoms in total. The van der Waals surface area contributed by atoms with Crippen LogP contribution in [-0.4, -0.2) is 36.3 Å². The highest BCUT2D eigenvalue weighted by atomic mass is 16.5. The minimum Gasteiger partial charge on any atom is -0.465 e. The molecule has 0 radical (unpaired) electrons. The molecule has 0 saturated heterocycles. The zero-order chi connectivity index (χ0) is 12.0. The SMILES string of the molecule is CCOC(=O)CNC(=O)c1ccc(C=O)[nH]1. The van der Waals surface area contributed by atoms with E-state index >= 15 is 0 Å². The molecule has 0 atom stereocenters. The van der Waals surface area contributed by atoms with Gasteiger partial charge < -0.3 is 15.0 Å². The lowest BCUT2D eigenvalue weighted by molar-refractivity contribution is -0.141. The molecule has 0 bridgehead atoms. The molecule has 1 aromatic heterocycles. The van der Waals surface area contributed by atoms with E-state index in [1.807, 2.05) is 0 Å². The quantitative estimate of drug-likeness (QED) is 0.549. The normalized spacial score (nSPS) is 9.56. The van der Waals surface area contributed by atoms with Crippen LogP contribution in [0.15, 0.2) is 12.1 Å². The van der Waals surface area contributed by atoms with Crippen molar-refractivity contribution < 1.29 is 19.1 Å². The van der Waals surface area contributed by atoms with Crippen LogP contribution in [0.1, 0.15) is 27.9 Å². The van der Waals surface area contributed by atoms with Gasteiger partial charge in [-0.3, -0.25) is 14.4 Å². The Bertz CT molecular complexity index is 397. The molecule has 0 aliphatic rings. The highest BCUT2D eigenvalue weighted by Crippen LogP contribution is 1.98. The van der Waals surface area contributed by atoms with Crippen molar-refractivity contribution in [3.8, 4) is 0 Å². The molecule has 86 valence electrons. The van der Waals surface area contributed by atoms with Gasteiger partial charge in [0.05, 0.1) is 12.3 Å². The number of carbonyl (C=O) groups is 3. The van der Waals surface area contributed by atoms with E-state index in [0.29, 0.717) is 12.0 Å². The van der Waals surface area contributed by atoms with Crippen LogP contribution in [0.25, 0.3) is 0 Å². The van der Waals surface area contributed by atoms with E-state index in [9.17, 15) is 14.4 Å². The molecule has 0 spiro atoms. The van der Waals surface area contributed by atoms with Crippen LogP contribution < -0.4 is 5.32 Å². The smallest absolute Gasteiger partial charge is 0.325 e. The van der Waals surface area contributed by atoms with Crippen LogP contribution in [0.4, 0.5) is 0 Å². The molecular weight excluding hydrogens is 212 g/mol. The third-order valence-corrected chi connectivity index (χ3v) is 1.78. The highest BCUT2D eigenvalue weighted by molar-refractivity contribution is 5.95. The van der Waals surface area contributed by atoms with Gasteiger partial charge in [0, 0.05) is 0 Å². The summed E-state index contributed by atoms with van der Waals surface area (Å²) in [6.45, 7) is 1.76. The number of esters is 1. The van der Waals surface area contributed by atoms with Crippen LogP contribution in [-0.2, 0) is 9.53 Å².